The van der Waals surface area contributed by atoms with E-state index in [-0.39, 0.29) is 5.69 Å². The van der Waals surface area contributed by atoms with Gasteiger partial charge in [0.05, 0.1) is 37.3 Å². The van der Waals surface area contributed by atoms with Crippen LogP contribution in [0.2, 0.25) is 0 Å². The molecule has 3 rings (SSSR count). The van der Waals surface area contributed by atoms with Crippen molar-refractivity contribution in [3.63, 3.8) is 0 Å². The normalized spacial score (nSPS) is 10.9. The molecule has 7 heteroatoms. The maximum absolute atomic E-state index is 10.9. The van der Waals surface area contributed by atoms with E-state index >= 15 is 0 Å². The molecule has 0 aliphatic heterocycles. The van der Waals surface area contributed by atoms with E-state index in [1.54, 1.807) is 51.8 Å². The number of hydrogen-bond donors (Lipinski definition) is 0. The minimum absolute atomic E-state index is 0.0343. The van der Waals surface area contributed by atoms with Crippen LogP contribution in [0.4, 0.5) is 5.69 Å². The zero-order valence-electron chi connectivity index (χ0n) is 15.1. The van der Waals surface area contributed by atoms with Crippen molar-refractivity contribution >= 4 is 28.6 Å². The quantitative estimate of drug-likeness (QED) is 0.477. The average Bonchev–Trinajstić information content (AvgIpc) is 2.70. The lowest BCUT2D eigenvalue weighted by Gasteiger charge is -2.15. The van der Waals surface area contributed by atoms with Crippen LogP contribution >= 0.6 is 0 Å². The van der Waals surface area contributed by atoms with Gasteiger partial charge in [0, 0.05) is 18.3 Å². The second-order valence-corrected chi connectivity index (χ2v) is 5.63. The minimum atomic E-state index is -0.423. The van der Waals surface area contributed by atoms with Gasteiger partial charge >= 0.3 is 0 Å². The number of non-ortho nitro benzene ring substituents is 1. The number of benzene rings is 2. The first kappa shape index (κ1) is 18.2. The van der Waals surface area contributed by atoms with E-state index in [1.165, 1.54) is 12.1 Å². The molecule has 0 amide bonds. The number of nitro benzene ring substituents is 1. The SMILES string of the molecule is COc1cc2ccnc(C=Cc3cccc([N+](=O)[O-])c3)c2c(OC)c1OC. The lowest BCUT2D eigenvalue weighted by Crippen LogP contribution is -1.97. The summed E-state index contributed by atoms with van der Waals surface area (Å²) in [5.41, 5.74) is 1.38. The predicted octanol–water partition coefficient (Wildman–Crippen LogP) is 4.34. The highest BCUT2D eigenvalue weighted by Crippen LogP contribution is 2.44. The summed E-state index contributed by atoms with van der Waals surface area (Å²) < 4.78 is 16.4. The van der Waals surface area contributed by atoms with Gasteiger partial charge in [-0.2, -0.15) is 0 Å². The summed E-state index contributed by atoms with van der Waals surface area (Å²) >= 11 is 0. The van der Waals surface area contributed by atoms with Crippen molar-refractivity contribution in [3.8, 4) is 17.2 Å². The number of rotatable bonds is 6. The Morgan fingerprint density at radius 2 is 1.78 bits per heavy atom. The molecule has 0 atom stereocenters. The smallest absolute Gasteiger partial charge is 0.270 e. The van der Waals surface area contributed by atoms with Gasteiger partial charge in [-0.1, -0.05) is 18.2 Å². The Balaban J connectivity index is 2.15. The molecule has 27 heavy (non-hydrogen) atoms. The van der Waals surface area contributed by atoms with Crippen molar-refractivity contribution in [2.45, 2.75) is 0 Å². The molecule has 0 N–H and O–H groups in total. The maximum Gasteiger partial charge on any atom is 0.270 e. The fourth-order valence-electron chi connectivity index (χ4n) is 2.88. The van der Waals surface area contributed by atoms with Crippen LogP contribution in [0.25, 0.3) is 22.9 Å². The van der Waals surface area contributed by atoms with Crippen LogP contribution in [0.3, 0.4) is 0 Å². The number of aromatic nitrogens is 1. The molecule has 138 valence electrons. The van der Waals surface area contributed by atoms with Crippen LogP contribution in [-0.4, -0.2) is 31.2 Å². The lowest BCUT2D eigenvalue weighted by molar-refractivity contribution is -0.384. The standard InChI is InChI=1S/C20H18N2O5/c1-25-17-12-14-9-10-21-16(18(14)20(27-3)19(17)26-2)8-7-13-5-4-6-15(11-13)22(23)24/h4-12H,1-3H3. The van der Waals surface area contributed by atoms with Gasteiger partial charge in [-0.25, -0.2) is 0 Å². The van der Waals surface area contributed by atoms with Crippen molar-refractivity contribution in [3.05, 3.63) is 64.0 Å². The predicted molar refractivity (Wildman–Crippen MR) is 103 cm³/mol. The van der Waals surface area contributed by atoms with E-state index < -0.39 is 4.92 Å². The molecule has 0 radical (unpaired) electrons. The number of nitrogens with zero attached hydrogens (tertiary/aromatic N) is 2. The Kier molecular flexibility index (Phi) is 5.21. The molecule has 1 aromatic heterocycles. The lowest BCUT2D eigenvalue weighted by atomic mass is 10.1. The highest BCUT2D eigenvalue weighted by Gasteiger charge is 2.18. The molecular weight excluding hydrogens is 348 g/mol. The molecule has 0 saturated heterocycles. The summed E-state index contributed by atoms with van der Waals surface area (Å²) in [6.45, 7) is 0. The highest BCUT2D eigenvalue weighted by molar-refractivity contribution is 5.99. The summed E-state index contributed by atoms with van der Waals surface area (Å²) in [5, 5.41) is 12.6. The molecule has 3 aromatic rings. The molecule has 0 aliphatic rings. The summed E-state index contributed by atoms with van der Waals surface area (Å²) in [6.07, 6.45) is 5.24. The number of pyridine rings is 1. The van der Waals surface area contributed by atoms with Crippen molar-refractivity contribution in [2.75, 3.05) is 21.3 Å². The van der Waals surface area contributed by atoms with Crippen LogP contribution in [-0.2, 0) is 0 Å². The van der Waals surface area contributed by atoms with Gasteiger partial charge in [0.25, 0.3) is 5.69 Å². The van der Waals surface area contributed by atoms with E-state index in [4.69, 9.17) is 14.2 Å². The van der Waals surface area contributed by atoms with Gasteiger partial charge in [-0.3, -0.25) is 15.1 Å². The summed E-state index contributed by atoms with van der Waals surface area (Å²) in [5.74, 6) is 1.55. The number of methoxy groups -OCH3 is 3. The Hall–Kier alpha value is -3.61. The van der Waals surface area contributed by atoms with Crippen molar-refractivity contribution in [1.82, 2.24) is 4.98 Å². The second-order valence-electron chi connectivity index (χ2n) is 5.63. The molecule has 0 spiro atoms. The first-order valence-corrected chi connectivity index (χ1v) is 8.09. The number of nitro groups is 1. The van der Waals surface area contributed by atoms with Crippen molar-refractivity contribution in [1.29, 1.82) is 0 Å². The van der Waals surface area contributed by atoms with E-state index in [2.05, 4.69) is 4.98 Å². The van der Waals surface area contributed by atoms with Crippen molar-refractivity contribution in [2.24, 2.45) is 0 Å². The van der Waals surface area contributed by atoms with Gasteiger partial charge in [-0.05, 0) is 29.2 Å². The van der Waals surface area contributed by atoms with Crippen LogP contribution in [0.5, 0.6) is 17.2 Å². The Bertz CT molecular complexity index is 1030. The van der Waals surface area contributed by atoms with Gasteiger partial charge in [0.15, 0.2) is 11.5 Å². The van der Waals surface area contributed by atoms with Gasteiger partial charge < -0.3 is 14.2 Å². The molecule has 0 unspecified atom stereocenters. The zero-order valence-corrected chi connectivity index (χ0v) is 15.1. The molecule has 0 bridgehead atoms. The maximum atomic E-state index is 10.9. The Labute approximate surface area is 156 Å². The monoisotopic (exact) mass is 366 g/mol. The van der Waals surface area contributed by atoms with E-state index in [9.17, 15) is 10.1 Å². The molecule has 0 fully saturated rings. The fraction of sp³-hybridized carbons (Fsp3) is 0.150. The Morgan fingerprint density at radius 1 is 1.00 bits per heavy atom. The first-order chi connectivity index (χ1) is 13.1. The third-order valence-electron chi connectivity index (χ3n) is 4.10. The molecule has 2 aromatic carbocycles. The Morgan fingerprint density at radius 3 is 2.44 bits per heavy atom. The van der Waals surface area contributed by atoms with Gasteiger partial charge in [0.1, 0.15) is 0 Å². The van der Waals surface area contributed by atoms with Gasteiger partial charge in [-0.15, -0.1) is 0 Å². The molecule has 0 aliphatic carbocycles. The van der Waals surface area contributed by atoms with Crippen LogP contribution in [0.1, 0.15) is 11.3 Å². The van der Waals surface area contributed by atoms with E-state index in [0.717, 1.165) is 10.8 Å². The average molecular weight is 366 g/mol. The van der Waals surface area contributed by atoms with Crippen LogP contribution in [0, 0.1) is 10.1 Å². The molecule has 1 heterocycles. The van der Waals surface area contributed by atoms with E-state index in [0.29, 0.717) is 28.5 Å². The number of ether oxygens (including phenoxy) is 3. The molecular formula is C20H18N2O5. The third-order valence-corrected chi connectivity index (χ3v) is 4.10. The largest absolute Gasteiger partial charge is 0.493 e. The highest BCUT2D eigenvalue weighted by atomic mass is 16.6. The molecule has 7 nitrogen and oxygen atoms in total. The number of fused-ring (bicyclic) bond motifs is 1. The van der Waals surface area contributed by atoms with Crippen LogP contribution < -0.4 is 14.2 Å². The second kappa shape index (κ2) is 7.74. The minimum Gasteiger partial charge on any atom is -0.493 e. The van der Waals surface area contributed by atoms with E-state index in [1.807, 2.05) is 12.1 Å². The third kappa shape index (κ3) is 3.52. The molecule has 0 saturated carbocycles. The zero-order chi connectivity index (χ0) is 19.4. The summed E-state index contributed by atoms with van der Waals surface area (Å²) in [6, 6.07) is 10.1. The van der Waals surface area contributed by atoms with Gasteiger partial charge in [0.2, 0.25) is 5.75 Å². The fourth-order valence-corrected chi connectivity index (χ4v) is 2.88. The number of hydrogen-bond acceptors (Lipinski definition) is 6. The van der Waals surface area contributed by atoms with Crippen molar-refractivity contribution < 1.29 is 19.1 Å². The topological polar surface area (TPSA) is 83.7 Å². The summed E-state index contributed by atoms with van der Waals surface area (Å²) in [7, 11) is 4.66. The van der Waals surface area contributed by atoms with Crippen LogP contribution in [0.15, 0.2) is 42.6 Å². The summed E-state index contributed by atoms with van der Waals surface area (Å²) in [4.78, 5) is 14.9. The first-order valence-electron chi connectivity index (χ1n) is 8.09.